The van der Waals surface area contributed by atoms with Crippen molar-refractivity contribution in [3.8, 4) is 0 Å². The molecular formula is C41H60O2P+. The Morgan fingerprint density at radius 2 is 0.864 bits per heavy atom. The van der Waals surface area contributed by atoms with Gasteiger partial charge in [-0.3, -0.25) is 0 Å². The average Bonchev–Trinajstić information content (AvgIpc) is 3.09. The minimum atomic E-state index is -1.66. The Morgan fingerprint density at radius 1 is 0.477 bits per heavy atom. The summed E-state index contributed by atoms with van der Waals surface area (Å²) >= 11 is 0. The van der Waals surface area contributed by atoms with Crippen LogP contribution >= 0.6 is 7.26 Å². The second-order valence-corrected chi connectivity index (χ2v) is 16.5. The SMILES string of the molecule is c1ccc([P+](CCCCCCCCCCCCCCCCCCOC2CCCCO2)(c2ccccc2)c2ccccc2)cc1. The maximum atomic E-state index is 5.84. The first kappa shape index (κ1) is 34.9. The summed E-state index contributed by atoms with van der Waals surface area (Å²) < 4.78 is 11.5. The molecule has 44 heavy (non-hydrogen) atoms. The molecule has 2 nitrogen and oxygen atoms in total. The standard InChI is InChI=1S/C41H60O2P/c1(3-5-7-9-11-13-25-35-42-41-34-24-26-36-43-41)2-4-6-8-10-12-14-27-37-44(38-28-18-15-19-29-38,39-30-20-16-21-31-39)40-32-22-17-23-33-40/h15-23,28-33,41H,1-14,24-27,34-37H2/q+1. The van der Waals surface area contributed by atoms with Crippen LogP contribution in [0.15, 0.2) is 91.0 Å². The monoisotopic (exact) mass is 615 g/mol. The van der Waals surface area contributed by atoms with Crippen molar-refractivity contribution in [1.29, 1.82) is 0 Å². The molecular weight excluding hydrogens is 555 g/mol. The van der Waals surface area contributed by atoms with E-state index in [-0.39, 0.29) is 6.29 Å². The van der Waals surface area contributed by atoms with Crippen LogP contribution in [-0.2, 0) is 9.47 Å². The van der Waals surface area contributed by atoms with Crippen molar-refractivity contribution in [1.82, 2.24) is 0 Å². The zero-order valence-corrected chi connectivity index (χ0v) is 28.5. The Kier molecular flexibility index (Phi) is 17.2. The zero-order chi connectivity index (χ0) is 30.4. The first-order chi connectivity index (χ1) is 21.9. The normalized spacial score (nSPS) is 15.4. The lowest BCUT2D eigenvalue weighted by atomic mass is 10.0. The summed E-state index contributed by atoms with van der Waals surface area (Å²) in [5.74, 6) is 0. The van der Waals surface area contributed by atoms with Gasteiger partial charge in [0.1, 0.15) is 23.2 Å². The summed E-state index contributed by atoms with van der Waals surface area (Å²) in [6.07, 6.45) is 26.9. The molecule has 0 spiro atoms. The predicted molar refractivity (Wildman–Crippen MR) is 193 cm³/mol. The molecule has 3 aromatic rings. The van der Waals surface area contributed by atoms with E-state index in [4.69, 9.17) is 9.47 Å². The van der Waals surface area contributed by atoms with E-state index in [1.165, 1.54) is 138 Å². The summed E-state index contributed by atoms with van der Waals surface area (Å²) in [6, 6.07) is 34.1. The highest BCUT2D eigenvalue weighted by Crippen LogP contribution is 2.56. The van der Waals surface area contributed by atoms with Crippen LogP contribution in [0, 0.1) is 0 Å². The van der Waals surface area contributed by atoms with Crippen LogP contribution in [0.2, 0.25) is 0 Å². The van der Waals surface area contributed by atoms with Crippen LogP contribution < -0.4 is 15.9 Å². The van der Waals surface area contributed by atoms with E-state index < -0.39 is 7.26 Å². The van der Waals surface area contributed by atoms with Crippen molar-refractivity contribution in [2.75, 3.05) is 19.4 Å². The Balaban J connectivity index is 1.02. The molecule has 0 radical (unpaired) electrons. The molecule has 1 aliphatic rings. The van der Waals surface area contributed by atoms with Gasteiger partial charge in [0.15, 0.2) is 6.29 Å². The van der Waals surface area contributed by atoms with Crippen molar-refractivity contribution in [3.63, 3.8) is 0 Å². The quantitative estimate of drug-likeness (QED) is 0.0780. The summed E-state index contributed by atoms with van der Waals surface area (Å²) in [5.41, 5.74) is 0. The Bertz CT molecular complexity index is 985. The minimum absolute atomic E-state index is 0.0846. The molecule has 1 heterocycles. The van der Waals surface area contributed by atoms with Crippen molar-refractivity contribution >= 4 is 23.2 Å². The van der Waals surface area contributed by atoms with Crippen molar-refractivity contribution < 1.29 is 9.47 Å². The topological polar surface area (TPSA) is 18.5 Å². The van der Waals surface area contributed by atoms with Gasteiger partial charge in [-0.1, -0.05) is 138 Å². The summed E-state index contributed by atoms with van der Waals surface area (Å²) in [4.78, 5) is 0. The van der Waals surface area contributed by atoms with E-state index in [1.807, 2.05) is 0 Å². The van der Waals surface area contributed by atoms with Gasteiger partial charge in [0.2, 0.25) is 0 Å². The highest BCUT2D eigenvalue weighted by Gasteiger charge is 2.44. The third kappa shape index (κ3) is 12.1. The molecule has 0 amide bonds. The maximum Gasteiger partial charge on any atom is 0.157 e. The molecule has 1 unspecified atom stereocenters. The molecule has 0 N–H and O–H groups in total. The lowest BCUT2D eigenvalue weighted by molar-refractivity contribution is -0.162. The largest absolute Gasteiger partial charge is 0.353 e. The van der Waals surface area contributed by atoms with E-state index in [2.05, 4.69) is 91.0 Å². The predicted octanol–water partition coefficient (Wildman–Crippen LogP) is 10.8. The Hall–Kier alpha value is -1.99. The molecule has 0 aliphatic carbocycles. The van der Waals surface area contributed by atoms with Gasteiger partial charge >= 0.3 is 0 Å². The van der Waals surface area contributed by atoms with Crippen LogP contribution in [0.25, 0.3) is 0 Å². The maximum absolute atomic E-state index is 5.84. The lowest BCUT2D eigenvalue weighted by Gasteiger charge is -2.27. The lowest BCUT2D eigenvalue weighted by Crippen LogP contribution is -2.33. The van der Waals surface area contributed by atoms with Gasteiger partial charge < -0.3 is 9.47 Å². The second-order valence-electron chi connectivity index (χ2n) is 12.9. The van der Waals surface area contributed by atoms with E-state index in [0.29, 0.717) is 0 Å². The third-order valence-corrected chi connectivity index (χ3v) is 13.9. The van der Waals surface area contributed by atoms with Crippen molar-refractivity contribution in [2.24, 2.45) is 0 Å². The number of hydrogen-bond donors (Lipinski definition) is 0. The number of unbranched alkanes of at least 4 members (excludes halogenated alkanes) is 15. The van der Waals surface area contributed by atoms with Crippen LogP contribution in [0.1, 0.15) is 122 Å². The molecule has 3 aromatic carbocycles. The van der Waals surface area contributed by atoms with Gasteiger partial charge in [0.05, 0.1) is 6.16 Å². The average molecular weight is 616 g/mol. The number of benzene rings is 3. The molecule has 4 rings (SSSR count). The van der Waals surface area contributed by atoms with Crippen molar-refractivity contribution in [3.05, 3.63) is 91.0 Å². The fourth-order valence-electron chi connectivity index (χ4n) is 6.87. The molecule has 3 heteroatoms. The zero-order valence-electron chi connectivity index (χ0n) is 27.6. The second kappa shape index (κ2) is 21.7. The molecule has 1 fully saturated rings. The van der Waals surface area contributed by atoms with Gasteiger partial charge in [-0.15, -0.1) is 0 Å². The number of ether oxygens (including phenoxy) is 2. The first-order valence-corrected chi connectivity index (χ1v) is 20.2. The Morgan fingerprint density at radius 3 is 1.25 bits per heavy atom. The van der Waals surface area contributed by atoms with E-state index >= 15 is 0 Å². The molecule has 1 aliphatic heterocycles. The van der Waals surface area contributed by atoms with Gasteiger partial charge in [-0.25, -0.2) is 0 Å². The van der Waals surface area contributed by atoms with Crippen LogP contribution in [0.4, 0.5) is 0 Å². The van der Waals surface area contributed by atoms with Gasteiger partial charge in [-0.2, -0.15) is 0 Å². The fourth-order valence-corrected chi connectivity index (χ4v) is 11.3. The first-order valence-electron chi connectivity index (χ1n) is 18.2. The van der Waals surface area contributed by atoms with E-state index in [1.54, 1.807) is 0 Å². The van der Waals surface area contributed by atoms with Gasteiger partial charge in [0, 0.05) is 13.2 Å². The Labute approximate surface area is 270 Å². The molecule has 0 saturated carbocycles. The molecule has 1 atom stereocenters. The van der Waals surface area contributed by atoms with Crippen LogP contribution in [0.3, 0.4) is 0 Å². The highest BCUT2D eigenvalue weighted by atomic mass is 31.2. The molecule has 0 aromatic heterocycles. The van der Waals surface area contributed by atoms with E-state index in [9.17, 15) is 0 Å². The summed E-state index contributed by atoms with van der Waals surface area (Å²) in [7, 11) is -1.66. The molecule has 1 saturated heterocycles. The number of rotatable bonds is 23. The summed E-state index contributed by atoms with van der Waals surface area (Å²) in [5, 5.41) is 4.55. The molecule has 0 bridgehead atoms. The highest BCUT2D eigenvalue weighted by molar-refractivity contribution is 7.95. The third-order valence-electron chi connectivity index (χ3n) is 9.42. The van der Waals surface area contributed by atoms with E-state index in [0.717, 1.165) is 19.6 Å². The minimum Gasteiger partial charge on any atom is -0.353 e. The summed E-state index contributed by atoms with van der Waals surface area (Å²) in [6.45, 7) is 1.76. The number of hydrogen-bond acceptors (Lipinski definition) is 2. The van der Waals surface area contributed by atoms with Crippen molar-refractivity contribution in [2.45, 2.75) is 128 Å². The van der Waals surface area contributed by atoms with Gasteiger partial charge in [0.25, 0.3) is 0 Å². The van der Waals surface area contributed by atoms with Gasteiger partial charge in [-0.05, 0) is 74.9 Å². The van der Waals surface area contributed by atoms with Crippen LogP contribution in [0.5, 0.6) is 0 Å². The van der Waals surface area contributed by atoms with Crippen LogP contribution in [-0.4, -0.2) is 25.7 Å². The fraction of sp³-hybridized carbons (Fsp3) is 0.561. The smallest absolute Gasteiger partial charge is 0.157 e. The molecule has 240 valence electrons.